The van der Waals surface area contributed by atoms with E-state index in [0.29, 0.717) is 13.1 Å². The lowest BCUT2D eigenvalue weighted by atomic mass is 10.1. The van der Waals surface area contributed by atoms with Crippen LogP contribution in [0.1, 0.15) is 19.4 Å². The van der Waals surface area contributed by atoms with Gasteiger partial charge in [0.2, 0.25) is 0 Å². The van der Waals surface area contributed by atoms with E-state index in [1.807, 2.05) is 43.0 Å². The maximum atomic E-state index is 10.1. The molecule has 98 valence electrons. The van der Waals surface area contributed by atoms with Gasteiger partial charge in [-0.2, -0.15) is 5.10 Å². The van der Waals surface area contributed by atoms with Crippen LogP contribution >= 0.6 is 0 Å². The molecule has 0 bridgehead atoms. The molecule has 0 aliphatic carbocycles. The highest BCUT2D eigenvalue weighted by Crippen LogP contribution is 2.04. The van der Waals surface area contributed by atoms with E-state index < -0.39 is 5.60 Å². The van der Waals surface area contributed by atoms with Crippen LogP contribution < -0.4 is 5.32 Å². The summed E-state index contributed by atoms with van der Waals surface area (Å²) in [7, 11) is 3.92. The lowest BCUT2D eigenvalue weighted by molar-refractivity contribution is 0.0336. The van der Waals surface area contributed by atoms with Crippen LogP contribution in [0.4, 0.5) is 0 Å². The van der Waals surface area contributed by atoms with Crippen molar-refractivity contribution in [2.45, 2.75) is 32.5 Å². The van der Waals surface area contributed by atoms with E-state index in [4.69, 9.17) is 0 Å². The van der Waals surface area contributed by atoms with E-state index in [0.717, 1.165) is 18.7 Å². The monoisotopic (exact) mass is 240 g/mol. The minimum atomic E-state index is -0.704. The summed E-state index contributed by atoms with van der Waals surface area (Å²) in [4.78, 5) is 1.98. The number of hydrogen-bond donors (Lipinski definition) is 2. The van der Waals surface area contributed by atoms with Gasteiger partial charge in [-0.05, 0) is 27.9 Å². The second kappa shape index (κ2) is 6.14. The predicted molar refractivity (Wildman–Crippen MR) is 68.8 cm³/mol. The van der Waals surface area contributed by atoms with E-state index >= 15 is 0 Å². The normalized spacial score (nSPS) is 15.2. The van der Waals surface area contributed by atoms with Crippen molar-refractivity contribution in [3.8, 4) is 0 Å². The van der Waals surface area contributed by atoms with Crippen LogP contribution in [0.15, 0.2) is 12.4 Å². The van der Waals surface area contributed by atoms with Crippen LogP contribution in [0.2, 0.25) is 0 Å². The number of aromatic nitrogens is 2. The van der Waals surface area contributed by atoms with E-state index in [1.54, 1.807) is 0 Å². The molecule has 1 heterocycles. The van der Waals surface area contributed by atoms with Crippen molar-refractivity contribution < 1.29 is 5.11 Å². The third kappa shape index (κ3) is 5.30. The Balaban J connectivity index is 2.31. The molecule has 0 aromatic carbocycles. The number of rotatable bonds is 7. The van der Waals surface area contributed by atoms with Gasteiger partial charge in [-0.3, -0.25) is 4.68 Å². The summed E-state index contributed by atoms with van der Waals surface area (Å²) in [6.07, 6.45) is 3.88. The first-order chi connectivity index (χ1) is 7.93. The molecule has 0 aliphatic heterocycles. The van der Waals surface area contributed by atoms with Gasteiger partial charge >= 0.3 is 0 Å². The van der Waals surface area contributed by atoms with Gasteiger partial charge in [-0.15, -0.1) is 0 Å². The lowest BCUT2D eigenvalue weighted by Crippen LogP contribution is -2.45. The van der Waals surface area contributed by atoms with Crippen molar-refractivity contribution >= 4 is 0 Å². The van der Waals surface area contributed by atoms with E-state index in [2.05, 4.69) is 17.3 Å². The molecule has 0 fully saturated rings. The van der Waals surface area contributed by atoms with E-state index in [-0.39, 0.29) is 0 Å². The molecule has 17 heavy (non-hydrogen) atoms. The third-order valence-electron chi connectivity index (χ3n) is 2.50. The summed E-state index contributed by atoms with van der Waals surface area (Å²) in [6.45, 7) is 6.75. The SMILES string of the molecule is CCn1cc(CNCC(C)(O)CN(C)C)cn1. The van der Waals surface area contributed by atoms with Gasteiger partial charge in [0.1, 0.15) is 0 Å². The fraction of sp³-hybridized carbons (Fsp3) is 0.750. The zero-order valence-electron chi connectivity index (χ0n) is 11.3. The molecule has 0 radical (unpaired) electrons. The second-order valence-electron chi connectivity index (χ2n) is 5.04. The average molecular weight is 240 g/mol. The largest absolute Gasteiger partial charge is 0.388 e. The molecule has 1 aromatic rings. The number of nitrogens with zero attached hydrogens (tertiary/aromatic N) is 3. The summed E-state index contributed by atoms with van der Waals surface area (Å²) in [6, 6.07) is 0. The number of likely N-dealkylation sites (N-methyl/N-ethyl adjacent to an activating group) is 1. The van der Waals surface area contributed by atoms with Gasteiger partial charge in [0.15, 0.2) is 0 Å². The van der Waals surface area contributed by atoms with Crippen LogP contribution in [0.25, 0.3) is 0 Å². The van der Waals surface area contributed by atoms with Gasteiger partial charge in [-0.25, -0.2) is 0 Å². The smallest absolute Gasteiger partial charge is 0.0869 e. The molecule has 1 rings (SSSR count). The minimum Gasteiger partial charge on any atom is -0.388 e. The highest BCUT2D eigenvalue weighted by atomic mass is 16.3. The first kappa shape index (κ1) is 14.2. The summed E-state index contributed by atoms with van der Waals surface area (Å²) in [5.41, 5.74) is 0.442. The quantitative estimate of drug-likeness (QED) is 0.720. The molecule has 0 saturated carbocycles. The zero-order chi connectivity index (χ0) is 12.9. The van der Waals surface area contributed by atoms with Gasteiger partial charge in [0.25, 0.3) is 0 Å². The minimum absolute atomic E-state index is 0.572. The molecule has 1 unspecified atom stereocenters. The summed E-state index contributed by atoms with van der Waals surface area (Å²) >= 11 is 0. The number of aliphatic hydroxyl groups is 1. The molecular formula is C12H24N4O. The molecule has 2 N–H and O–H groups in total. The Morgan fingerprint density at radius 1 is 1.53 bits per heavy atom. The van der Waals surface area contributed by atoms with Crippen molar-refractivity contribution in [1.29, 1.82) is 0 Å². The first-order valence-corrected chi connectivity index (χ1v) is 6.02. The molecule has 5 heteroatoms. The highest BCUT2D eigenvalue weighted by molar-refractivity contribution is 5.03. The summed E-state index contributed by atoms with van der Waals surface area (Å²) in [5, 5.41) is 17.5. The zero-order valence-corrected chi connectivity index (χ0v) is 11.3. The fourth-order valence-electron chi connectivity index (χ4n) is 1.88. The molecule has 0 amide bonds. The van der Waals surface area contributed by atoms with Gasteiger partial charge in [0.05, 0.1) is 11.8 Å². The fourth-order valence-corrected chi connectivity index (χ4v) is 1.88. The summed E-state index contributed by atoms with van der Waals surface area (Å²) in [5.74, 6) is 0. The number of aryl methyl sites for hydroxylation is 1. The molecule has 1 aromatic heterocycles. The Morgan fingerprint density at radius 2 is 2.24 bits per heavy atom. The molecule has 5 nitrogen and oxygen atoms in total. The molecule has 1 atom stereocenters. The van der Waals surface area contributed by atoms with Crippen LogP contribution in [0, 0.1) is 0 Å². The predicted octanol–water partition coefficient (Wildman–Crippen LogP) is 0.305. The van der Waals surface area contributed by atoms with E-state index in [9.17, 15) is 5.11 Å². The average Bonchev–Trinajstić information content (AvgIpc) is 2.63. The van der Waals surface area contributed by atoms with Crippen molar-refractivity contribution in [3.63, 3.8) is 0 Å². The Hall–Kier alpha value is -0.910. The van der Waals surface area contributed by atoms with Crippen LogP contribution in [0.3, 0.4) is 0 Å². The Labute approximate surface area is 103 Å². The van der Waals surface area contributed by atoms with Crippen molar-refractivity contribution in [2.75, 3.05) is 27.2 Å². The van der Waals surface area contributed by atoms with E-state index in [1.165, 1.54) is 0 Å². The number of hydrogen-bond acceptors (Lipinski definition) is 4. The van der Waals surface area contributed by atoms with Gasteiger partial charge in [-0.1, -0.05) is 0 Å². The maximum absolute atomic E-state index is 10.1. The van der Waals surface area contributed by atoms with Crippen molar-refractivity contribution in [3.05, 3.63) is 18.0 Å². The Kier molecular flexibility index (Phi) is 5.11. The van der Waals surface area contributed by atoms with Gasteiger partial charge in [0, 0.05) is 37.9 Å². The van der Waals surface area contributed by atoms with Crippen LogP contribution in [0.5, 0.6) is 0 Å². The molecule has 0 aliphatic rings. The number of nitrogens with one attached hydrogen (secondary N) is 1. The standard InChI is InChI=1S/C12H24N4O/c1-5-16-8-11(7-14-16)6-13-9-12(2,17)10-15(3)4/h7-8,13,17H,5-6,9-10H2,1-4H3. The molecule has 0 saturated heterocycles. The van der Waals surface area contributed by atoms with Crippen LogP contribution in [-0.2, 0) is 13.1 Å². The van der Waals surface area contributed by atoms with Crippen molar-refractivity contribution in [2.24, 2.45) is 0 Å². The van der Waals surface area contributed by atoms with Gasteiger partial charge < -0.3 is 15.3 Å². The highest BCUT2D eigenvalue weighted by Gasteiger charge is 2.20. The topological polar surface area (TPSA) is 53.3 Å². The van der Waals surface area contributed by atoms with Crippen LogP contribution in [-0.4, -0.2) is 52.6 Å². The first-order valence-electron chi connectivity index (χ1n) is 6.02. The maximum Gasteiger partial charge on any atom is 0.0869 e. The molecule has 0 spiro atoms. The lowest BCUT2D eigenvalue weighted by Gasteiger charge is -2.27. The summed E-state index contributed by atoms with van der Waals surface area (Å²) < 4.78 is 1.90. The Bertz CT molecular complexity index is 333. The third-order valence-corrected chi connectivity index (χ3v) is 2.50. The second-order valence-corrected chi connectivity index (χ2v) is 5.04. The molecular weight excluding hydrogens is 216 g/mol. The Morgan fingerprint density at radius 3 is 2.76 bits per heavy atom. The van der Waals surface area contributed by atoms with Crippen molar-refractivity contribution in [1.82, 2.24) is 20.0 Å².